The smallest absolute Gasteiger partial charge is 0.310 e. The Balaban J connectivity index is 0.000000125. The molecule has 4 aliphatic rings. The van der Waals surface area contributed by atoms with Gasteiger partial charge in [0.15, 0.2) is 11.3 Å². The van der Waals surface area contributed by atoms with E-state index in [-0.39, 0.29) is 29.6 Å². The summed E-state index contributed by atoms with van der Waals surface area (Å²) in [7, 11) is 0. The van der Waals surface area contributed by atoms with Crippen molar-refractivity contribution in [1.29, 1.82) is 0 Å². The van der Waals surface area contributed by atoms with Gasteiger partial charge in [-0.25, -0.2) is 49.8 Å². The Morgan fingerprint density at radius 3 is 1.15 bits per heavy atom. The fourth-order valence-electron chi connectivity index (χ4n) is 16.1. The second-order valence-electron chi connectivity index (χ2n) is 30.9. The number of aryl methyl sites for hydroxylation is 4. The number of hydrogen-bond acceptors (Lipinski definition) is 18. The van der Waals surface area contributed by atoms with E-state index in [9.17, 15) is 38.5 Å². The van der Waals surface area contributed by atoms with Crippen LogP contribution in [0.3, 0.4) is 0 Å². The number of nitro benzene ring substituents is 1. The number of esters is 1. The Morgan fingerprint density at radius 2 is 0.772 bits per heavy atom. The second-order valence-corrected chi connectivity index (χ2v) is 31.8. The molecule has 6 aromatic heterocycles. The van der Waals surface area contributed by atoms with Crippen LogP contribution in [0.5, 0.6) is 0 Å². The first-order chi connectivity index (χ1) is 61.4. The number of imidazole rings is 2. The van der Waals surface area contributed by atoms with E-state index in [0.29, 0.717) is 60.2 Å². The molecule has 634 valence electrons. The first-order valence-corrected chi connectivity index (χ1v) is 42.0. The predicted octanol–water partition coefficient (Wildman–Crippen LogP) is 19.3. The van der Waals surface area contributed by atoms with Crippen LogP contribution in [0.2, 0.25) is 0 Å². The molecule has 4 unspecified atom stereocenters. The molecular formula is C100H87BrFN17O8. The minimum absolute atomic E-state index is 0.0294. The average Bonchev–Trinajstić information content (AvgIpc) is 1.60. The van der Waals surface area contributed by atoms with E-state index in [1.165, 1.54) is 12.1 Å². The molecule has 16 aromatic rings. The van der Waals surface area contributed by atoms with Crippen LogP contribution in [0.25, 0.3) is 67.6 Å². The summed E-state index contributed by atoms with van der Waals surface area (Å²) in [4.78, 5) is 117. The van der Waals surface area contributed by atoms with Crippen molar-refractivity contribution in [2.75, 3.05) is 27.9 Å². The van der Waals surface area contributed by atoms with Crippen molar-refractivity contribution in [3.05, 3.63) is 374 Å². The van der Waals surface area contributed by atoms with E-state index in [4.69, 9.17) is 14.7 Å². The van der Waals surface area contributed by atoms with Crippen LogP contribution in [-0.4, -0.2) is 100 Å². The molecule has 20 rings (SSSR count). The minimum atomic E-state index is -0.800. The van der Waals surface area contributed by atoms with E-state index in [2.05, 4.69) is 90.9 Å². The van der Waals surface area contributed by atoms with Gasteiger partial charge >= 0.3 is 11.7 Å². The van der Waals surface area contributed by atoms with Crippen molar-refractivity contribution in [3.63, 3.8) is 0 Å². The number of aromatic nitrogens is 12. The number of nitro groups is 1. The Bertz CT molecular complexity index is 6580. The first kappa shape index (κ1) is 86.6. The maximum absolute atomic E-state index is 13.1. The molecule has 0 fully saturated rings. The third-order valence-corrected chi connectivity index (χ3v) is 23.7. The highest BCUT2D eigenvalue weighted by Crippen LogP contribution is 2.49. The summed E-state index contributed by atoms with van der Waals surface area (Å²) < 4.78 is 22.3. The van der Waals surface area contributed by atoms with Crippen LogP contribution < -0.4 is 21.3 Å². The van der Waals surface area contributed by atoms with Gasteiger partial charge in [0.1, 0.15) is 58.4 Å². The molecule has 0 aliphatic carbocycles. The average molecular weight is 1750 g/mol. The lowest BCUT2D eigenvalue weighted by Crippen LogP contribution is -2.32. The molecule has 0 saturated carbocycles. The van der Waals surface area contributed by atoms with Gasteiger partial charge in [0.05, 0.1) is 50.7 Å². The minimum Gasteiger partial charge on any atom is -0.466 e. The third kappa shape index (κ3) is 17.1. The van der Waals surface area contributed by atoms with Crippen LogP contribution in [-0.2, 0) is 69.9 Å². The summed E-state index contributed by atoms with van der Waals surface area (Å²) in [6.45, 7) is 19.3. The number of para-hydroxylation sites is 2. The van der Waals surface area contributed by atoms with Gasteiger partial charge in [-0.3, -0.25) is 34.1 Å². The zero-order chi connectivity index (χ0) is 89.3. The normalized spacial score (nSPS) is 17.0. The maximum atomic E-state index is 13.1. The number of carbonyl (C=O) groups excluding carboxylic acids is 5. The van der Waals surface area contributed by atoms with Crippen LogP contribution in [0, 0.1) is 29.8 Å². The molecule has 4 amide bonds. The fraction of sp³-hybridized carbons (Fsp3) is 0.170. The molecule has 4 atom stereocenters. The lowest BCUT2D eigenvalue weighted by molar-refractivity contribution is -0.387. The molecule has 0 spiro atoms. The van der Waals surface area contributed by atoms with Crippen molar-refractivity contribution in [2.24, 2.45) is 0 Å². The van der Waals surface area contributed by atoms with E-state index in [1.807, 2.05) is 288 Å². The van der Waals surface area contributed by atoms with Gasteiger partial charge in [0.25, 0.3) is 0 Å². The van der Waals surface area contributed by atoms with Crippen LogP contribution in [0.1, 0.15) is 110 Å². The topological polar surface area (TPSA) is 325 Å². The highest BCUT2D eigenvalue weighted by atomic mass is 79.9. The molecule has 0 bridgehead atoms. The van der Waals surface area contributed by atoms with Gasteiger partial charge in [-0.05, 0) is 167 Å². The number of anilines is 4. The summed E-state index contributed by atoms with van der Waals surface area (Å²) in [6, 6.07) is 79.7. The standard InChI is InChI=1S/2C27H23N7O.C15H12BrNO.C15H13NO.C10H12O2.C6H4FNO2/c2*1-4-34-24(18-13-28-16(2)29-14-18)33-23-22(30-15-31-25(23)34)17-10-11-21-20(12-17)27(3,26(35)32-21)19-8-6-5-7-9-19;1-15(10-5-3-2-4-6-10)12-9-11(16)7-8-13(12)17-14(15)18;1-15(11-7-3-2-4-8-11)12-9-5-6-10-13(12)16-14(15)17;1-2-12-10(11)8-9-6-4-3-5-7-9;7-5-3-1-2-4-6(5)8(9)10/h2*5-15H,4H2,1-3H3,(H,32,35);2-9H,1H3,(H,17,18);2-10H,1H3,(H,16,17);3-7H,2,8H2,1H3;1-4H. The molecule has 0 saturated heterocycles. The van der Waals surface area contributed by atoms with Gasteiger partial charge in [0, 0.05) is 82.3 Å². The Hall–Kier alpha value is -15.4. The lowest BCUT2D eigenvalue weighted by atomic mass is 9.77. The Kier molecular flexibility index (Phi) is 25.2. The predicted molar refractivity (Wildman–Crippen MR) is 491 cm³/mol. The number of fused-ring (bicyclic) bond motifs is 6. The maximum Gasteiger partial charge on any atom is 0.310 e. The van der Waals surface area contributed by atoms with Crippen LogP contribution in [0.15, 0.2) is 297 Å². The third-order valence-electron chi connectivity index (χ3n) is 23.2. The van der Waals surface area contributed by atoms with Crippen LogP contribution >= 0.6 is 15.9 Å². The van der Waals surface area contributed by atoms with Gasteiger partial charge in [0.2, 0.25) is 29.4 Å². The highest BCUT2D eigenvalue weighted by Gasteiger charge is 2.48. The van der Waals surface area contributed by atoms with E-state index >= 15 is 0 Å². The number of nitrogens with one attached hydrogen (secondary N) is 4. The lowest BCUT2D eigenvalue weighted by Gasteiger charge is -2.23. The molecule has 27 heteroatoms. The fourth-order valence-corrected chi connectivity index (χ4v) is 16.5. The molecule has 10 heterocycles. The van der Waals surface area contributed by atoms with Crippen LogP contribution in [0.4, 0.5) is 32.8 Å². The van der Waals surface area contributed by atoms with Gasteiger partial charge in [-0.1, -0.05) is 210 Å². The van der Waals surface area contributed by atoms with Crippen molar-refractivity contribution in [1.82, 2.24) is 59.0 Å². The SMILES string of the molecule is CC1(c2ccccc2)C(=O)Nc2ccc(Br)cc21.CC1(c2ccccc2)C(=O)Nc2ccccc21.CCOC(=O)Cc1ccccc1.CCn1c(-c2cnc(C)nc2)nc2c(-c3ccc4c(c3)C(C)(c3ccccc3)C(=O)N4)ncnc21.CCn1c(-c2cnc(C)nc2)nc2c(-c3ccc4c(c3)C(C)(c3ccccc3)C(=O)N4)ncnc21.O=[N+]([O-])c1ccccc1F. The number of benzene rings is 10. The molecule has 4 aliphatic heterocycles. The summed E-state index contributed by atoms with van der Waals surface area (Å²) >= 11 is 3.47. The van der Waals surface area contributed by atoms with E-state index in [1.54, 1.807) is 37.4 Å². The zero-order valence-corrected chi connectivity index (χ0v) is 72.5. The number of rotatable bonds is 14. The number of ether oxygens (including phenoxy) is 1. The summed E-state index contributed by atoms with van der Waals surface area (Å²) in [6.07, 6.45) is 10.6. The summed E-state index contributed by atoms with van der Waals surface area (Å²) in [5, 5.41) is 22.0. The Labute approximate surface area is 739 Å². The number of nitrogens with zero attached hydrogens (tertiary/aromatic N) is 13. The van der Waals surface area contributed by atoms with Crippen molar-refractivity contribution >= 4 is 96.3 Å². The number of hydrogen-bond donors (Lipinski definition) is 4. The van der Waals surface area contributed by atoms with Crippen molar-refractivity contribution in [3.8, 4) is 45.3 Å². The first-order valence-electron chi connectivity index (χ1n) is 41.2. The second kappa shape index (κ2) is 37.0. The molecule has 127 heavy (non-hydrogen) atoms. The van der Waals surface area contributed by atoms with Gasteiger partial charge < -0.3 is 35.1 Å². The Morgan fingerprint density at radius 1 is 0.425 bits per heavy atom. The van der Waals surface area contributed by atoms with Gasteiger partial charge in [-0.2, -0.15) is 4.39 Å². The largest absolute Gasteiger partial charge is 0.466 e. The molecular weight excluding hydrogens is 1670 g/mol. The molecule has 4 N–H and O–H groups in total. The van der Waals surface area contributed by atoms with E-state index < -0.39 is 38.1 Å². The van der Waals surface area contributed by atoms with Crippen molar-refractivity contribution < 1.29 is 38.0 Å². The summed E-state index contributed by atoms with van der Waals surface area (Å²) in [5.74, 6) is 1.93. The van der Waals surface area contributed by atoms with E-state index in [0.717, 1.165) is 135 Å². The van der Waals surface area contributed by atoms with Gasteiger partial charge in [-0.15, -0.1) is 0 Å². The molecule has 10 aromatic carbocycles. The zero-order valence-electron chi connectivity index (χ0n) is 70.9. The molecule has 0 radical (unpaired) electrons. The summed E-state index contributed by atoms with van der Waals surface area (Å²) in [5.41, 5.74) is 16.7. The number of amides is 4. The number of carbonyl (C=O) groups is 5. The molecule has 25 nitrogen and oxygen atoms in total. The van der Waals surface area contributed by atoms with Crippen molar-refractivity contribution in [2.45, 2.75) is 103 Å². The number of halogens is 2. The quantitative estimate of drug-likeness (QED) is 0.0446. The monoisotopic (exact) mass is 1750 g/mol. The highest BCUT2D eigenvalue weighted by molar-refractivity contribution is 9.10.